The Morgan fingerprint density at radius 3 is 2.40 bits per heavy atom. The zero-order valence-corrected chi connectivity index (χ0v) is 12.3. The Kier molecular flexibility index (Phi) is 5.23. The highest BCUT2D eigenvalue weighted by Crippen LogP contribution is 2.16. The summed E-state index contributed by atoms with van der Waals surface area (Å²) in [6, 6.07) is 0. The third-order valence-corrected chi connectivity index (χ3v) is 3.59. The molecule has 6 nitrogen and oxygen atoms in total. The van der Waals surface area contributed by atoms with Crippen LogP contribution < -0.4 is 0 Å². The van der Waals surface area contributed by atoms with E-state index < -0.39 is 0 Å². The fourth-order valence-electron chi connectivity index (χ4n) is 2.41. The molecular formula is C14H24N2O4. The first-order chi connectivity index (χ1) is 9.58. The fourth-order valence-corrected chi connectivity index (χ4v) is 2.41. The van der Waals surface area contributed by atoms with Gasteiger partial charge in [0.1, 0.15) is 6.10 Å². The molecule has 2 amide bonds. The van der Waals surface area contributed by atoms with Gasteiger partial charge in [-0.15, -0.1) is 0 Å². The topological polar surface area (TPSA) is 59.1 Å². The highest BCUT2D eigenvalue weighted by atomic mass is 16.6. The minimum absolute atomic E-state index is 0.0673. The Bertz CT molecular complexity index is 345. The number of hydrogen-bond acceptors (Lipinski definition) is 4. The first kappa shape index (κ1) is 15.1. The van der Waals surface area contributed by atoms with Crippen LogP contribution >= 0.6 is 0 Å². The smallest absolute Gasteiger partial charge is 0.409 e. The molecule has 2 rings (SSSR count). The van der Waals surface area contributed by atoms with Crippen LogP contribution in [0.4, 0.5) is 4.79 Å². The summed E-state index contributed by atoms with van der Waals surface area (Å²) < 4.78 is 10.6. The molecule has 1 atom stereocenters. The maximum absolute atomic E-state index is 12.2. The molecule has 2 fully saturated rings. The van der Waals surface area contributed by atoms with E-state index in [4.69, 9.17) is 9.47 Å². The summed E-state index contributed by atoms with van der Waals surface area (Å²) in [5.41, 5.74) is 0. The number of carbonyl (C=O) groups excluding carboxylic acids is 2. The molecule has 2 saturated heterocycles. The van der Waals surface area contributed by atoms with Crippen molar-refractivity contribution in [3.05, 3.63) is 0 Å². The van der Waals surface area contributed by atoms with Crippen molar-refractivity contribution in [3.63, 3.8) is 0 Å². The number of nitrogens with zero attached hydrogens (tertiary/aromatic N) is 2. The Morgan fingerprint density at radius 2 is 1.85 bits per heavy atom. The lowest BCUT2D eigenvalue weighted by molar-refractivity contribution is -0.142. The van der Waals surface area contributed by atoms with Gasteiger partial charge in [0, 0.05) is 32.8 Å². The zero-order valence-electron chi connectivity index (χ0n) is 12.3. The molecule has 2 aliphatic heterocycles. The van der Waals surface area contributed by atoms with Crippen LogP contribution in [-0.2, 0) is 14.3 Å². The molecule has 0 aromatic carbocycles. The first-order valence-electron chi connectivity index (χ1n) is 7.40. The summed E-state index contributed by atoms with van der Waals surface area (Å²) >= 11 is 0. The van der Waals surface area contributed by atoms with E-state index in [-0.39, 0.29) is 18.1 Å². The molecule has 2 heterocycles. The van der Waals surface area contributed by atoms with Gasteiger partial charge >= 0.3 is 6.09 Å². The maximum Gasteiger partial charge on any atom is 0.409 e. The number of hydrogen-bond donors (Lipinski definition) is 0. The van der Waals surface area contributed by atoms with Crippen molar-refractivity contribution in [1.29, 1.82) is 0 Å². The van der Waals surface area contributed by atoms with Gasteiger partial charge < -0.3 is 19.3 Å². The van der Waals surface area contributed by atoms with Crippen LogP contribution in [0.5, 0.6) is 0 Å². The summed E-state index contributed by atoms with van der Waals surface area (Å²) in [6.07, 6.45) is 1.23. The van der Waals surface area contributed by atoms with Crippen LogP contribution in [0.2, 0.25) is 0 Å². The van der Waals surface area contributed by atoms with Gasteiger partial charge in [0.15, 0.2) is 0 Å². The van der Waals surface area contributed by atoms with Crippen molar-refractivity contribution in [3.8, 4) is 0 Å². The second kappa shape index (κ2) is 6.92. The predicted octanol–water partition coefficient (Wildman–Crippen LogP) is 1.10. The molecule has 1 unspecified atom stereocenters. The number of rotatable bonds is 3. The quantitative estimate of drug-likeness (QED) is 0.779. The largest absolute Gasteiger partial charge is 0.449 e. The van der Waals surface area contributed by atoms with E-state index >= 15 is 0 Å². The van der Waals surface area contributed by atoms with E-state index in [0.717, 1.165) is 12.8 Å². The lowest BCUT2D eigenvalue weighted by Gasteiger charge is -2.35. The van der Waals surface area contributed by atoms with Gasteiger partial charge in [-0.1, -0.05) is 13.8 Å². The van der Waals surface area contributed by atoms with E-state index in [1.165, 1.54) is 0 Å². The molecule has 6 heteroatoms. The van der Waals surface area contributed by atoms with Gasteiger partial charge in [0.2, 0.25) is 0 Å². The third kappa shape index (κ3) is 3.85. The average molecular weight is 284 g/mol. The van der Waals surface area contributed by atoms with Crippen LogP contribution in [0.25, 0.3) is 0 Å². The van der Waals surface area contributed by atoms with E-state index in [2.05, 4.69) is 0 Å². The molecule has 0 radical (unpaired) electrons. The standard InChI is InChI=1S/C14H24N2O4/c1-11(2)10-20-14(18)16-7-5-15(6-8-16)13(17)12-4-3-9-19-12/h11-12H,3-10H2,1-2H3. The number of amides is 2. The molecule has 0 N–H and O–H groups in total. The van der Waals surface area contributed by atoms with Gasteiger partial charge in [0.25, 0.3) is 5.91 Å². The molecule has 0 spiro atoms. The summed E-state index contributed by atoms with van der Waals surface area (Å²) in [5, 5.41) is 0. The predicted molar refractivity (Wildman–Crippen MR) is 73.3 cm³/mol. The molecule has 2 aliphatic rings. The normalized spacial score (nSPS) is 23.2. The van der Waals surface area contributed by atoms with Crippen molar-refractivity contribution in [2.24, 2.45) is 5.92 Å². The van der Waals surface area contributed by atoms with Crippen molar-refractivity contribution < 1.29 is 19.1 Å². The number of piperazine rings is 1. The van der Waals surface area contributed by atoms with Crippen molar-refractivity contribution >= 4 is 12.0 Å². The molecule has 0 aromatic rings. The van der Waals surface area contributed by atoms with E-state index in [9.17, 15) is 9.59 Å². The number of carbonyl (C=O) groups is 2. The van der Waals surface area contributed by atoms with Gasteiger partial charge in [-0.05, 0) is 18.8 Å². The highest BCUT2D eigenvalue weighted by molar-refractivity contribution is 5.81. The first-order valence-corrected chi connectivity index (χ1v) is 7.40. The summed E-state index contributed by atoms with van der Waals surface area (Å²) in [5.74, 6) is 0.402. The van der Waals surface area contributed by atoms with Crippen molar-refractivity contribution in [1.82, 2.24) is 9.80 Å². The van der Waals surface area contributed by atoms with E-state index in [1.807, 2.05) is 13.8 Å². The summed E-state index contributed by atoms with van der Waals surface area (Å²) in [7, 11) is 0. The van der Waals surface area contributed by atoms with Gasteiger partial charge in [0.05, 0.1) is 6.61 Å². The average Bonchev–Trinajstić information content (AvgIpc) is 2.98. The van der Waals surface area contributed by atoms with Crippen LogP contribution in [0.15, 0.2) is 0 Å². The fraction of sp³-hybridized carbons (Fsp3) is 0.857. The molecule has 114 valence electrons. The highest BCUT2D eigenvalue weighted by Gasteiger charge is 2.31. The third-order valence-electron chi connectivity index (χ3n) is 3.59. The van der Waals surface area contributed by atoms with E-state index in [0.29, 0.717) is 45.3 Å². The van der Waals surface area contributed by atoms with Crippen LogP contribution in [-0.4, -0.2) is 67.3 Å². The molecule has 0 bridgehead atoms. The molecular weight excluding hydrogens is 260 g/mol. The van der Waals surface area contributed by atoms with E-state index in [1.54, 1.807) is 9.80 Å². The lowest BCUT2D eigenvalue weighted by Crippen LogP contribution is -2.53. The monoisotopic (exact) mass is 284 g/mol. The lowest BCUT2D eigenvalue weighted by atomic mass is 10.2. The van der Waals surface area contributed by atoms with Crippen molar-refractivity contribution in [2.75, 3.05) is 39.4 Å². The van der Waals surface area contributed by atoms with Gasteiger partial charge in [-0.3, -0.25) is 4.79 Å². The molecule has 0 aliphatic carbocycles. The zero-order chi connectivity index (χ0) is 14.5. The Labute approximate surface area is 120 Å². The van der Waals surface area contributed by atoms with Crippen LogP contribution in [0.3, 0.4) is 0 Å². The second-order valence-electron chi connectivity index (χ2n) is 5.78. The molecule has 20 heavy (non-hydrogen) atoms. The Hall–Kier alpha value is -1.30. The van der Waals surface area contributed by atoms with Gasteiger partial charge in [-0.25, -0.2) is 4.79 Å². The second-order valence-corrected chi connectivity index (χ2v) is 5.78. The number of ether oxygens (including phenoxy) is 2. The SMILES string of the molecule is CC(C)COC(=O)N1CCN(C(=O)C2CCCO2)CC1. The van der Waals surface area contributed by atoms with Crippen LogP contribution in [0.1, 0.15) is 26.7 Å². The maximum atomic E-state index is 12.2. The Balaban J connectivity index is 1.74. The Morgan fingerprint density at radius 1 is 1.20 bits per heavy atom. The minimum Gasteiger partial charge on any atom is -0.449 e. The minimum atomic E-state index is -0.275. The summed E-state index contributed by atoms with van der Waals surface area (Å²) in [4.78, 5) is 27.4. The van der Waals surface area contributed by atoms with Gasteiger partial charge in [-0.2, -0.15) is 0 Å². The van der Waals surface area contributed by atoms with Crippen molar-refractivity contribution in [2.45, 2.75) is 32.8 Å². The molecule has 0 saturated carbocycles. The van der Waals surface area contributed by atoms with Crippen LogP contribution in [0, 0.1) is 5.92 Å². The molecule has 0 aromatic heterocycles. The summed E-state index contributed by atoms with van der Waals surface area (Å²) in [6.45, 7) is 7.33.